The summed E-state index contributed by atoms with van der Waals surface area (Å²) in [6.07, 6.45) is -4.17. The number of hydrogen-bond donors (Lipinski definition) is 0. The second kappa shape index (κ2) is 5.13. The highest BCUT2D eigenvalue weighted by molar-refractivity contribution is 7.85. The van der Waals surface area contributed by atoms with E-state index in [-0.39, 0.29) is 5.56 Å². The maximum Gasteiger partial charge on any atom is 0.423 e. The van der Waals surface area contributed by atoms with Crippen LogP contribution in [0.25, 0.3) is 0 Å². The van der Waals surface area contributed by atoms with Crippen molar-refractivity contribution in [1.82, 2.24) is 0 Å². The lowest BCUT2D eigenvalue weighted by molar-refractivity contribution is -0.388. The van der Waals surface area contributed by atoms with Crippen LogP contribution in [-0.4, -0.2) is 19.6 Å². The lowest BCUT2D eigenvalue weighted by Crippen LogP contribution is -2.10. The van der Waals surface area contributed by atoms with Crippen LogP contribution in [0.3, 0.4) is 0 Å². The van der Waals surface area contributed by atoms with Crippen molar-refractivity contribution in [3.05, 3.63) is 39.4 Å². The number of hydrogen-bond acceptors (Lipinski definition) is 5. The molecule has 0 aromatic heterocycles. The highest BCUT2D eigenvalue weighted by Gasteiger charge is 2.38. The number of alkyl halides is 3. The maximum absolute atomic E-state index is 12.6. The Balaban J connectivity index is 3.16. The first-order chi connectivity index (χ1) is 8.50. The molecule has 0 aliphatic heterocycles. The van der Waals surface area contributed by atoms with Crippen molar-refractivity contribution in [2.24, 2.45) is 0 Å². The smallest absolute Gasteiger partial charge is 0.265 e. The first kappa shape index (κ1) is 15.4. The van der Waals surface area contributed by atoms with Crippen molar-refractivity contribution in [2.45, 2.75) is 12.8 Å². The molecule has 0 N–H and O–H groups in total. The Morgan fingerprint density at radius 1 is 1.37 bits per heavy atom. The van der Waals surface area contributed by atoms with Crippen LogP contribution in [0.5, 0.6) is 0 Å². The zero-order chi connectivity index (χ0) is 14.8. The second-order valence-corrected chi connectivity index (χ2v) is 5.22. The highest BCUT2D eigenvalue weighted by Crippen LogP contribution is 2.36. The van der Waals surface area contributed by atoms with Crippen molar-refractivity contribution in [3.8, 4) is 0 Å². The molecular weight excluding hydrogens is 291 g/mol. The Bertz CT molecular complexity index is 596. The van der Waals surface area contributed by atoms with Crippen LogP contribution in [0.4, 0.5) is 18.9 Å². The van der Waals surface area contributed by atoms with E-state index in [9.17, 15) is 31.7 Å². The summed E-state index contributed by atoms with van der Waals surface area (Å²) in [5.41, 5.74) is -2.69. The van der Waals surface area contributed by atoms with Crippen molar-refractivity contribution in [3.63, 3.8) is 0 Å². The van der Waals surface area contributed by atoms with E-state index in [0.717, 1.165) is 12.3 Å². The van der Waals surface area contributed by atoms with Gasteiger partial charge < -0.3 is 0 Å². The molecule has 0 spiro atoms. The van der Waals surface area contributed by atoms with Gasteiger partial charge in [-0.3, -0.25) is 14.3 Å². The largest absolute Gasteiger partial charge is 0.423 e. The molecule has 0 heterocycles. The third-order valence-corrected chi connectivity index (χ3v) is 2.55. The van der Waals surface area contributed by atoms with E-state index in [1.807, 2.05) is 0 Å². The van der Waals surface area contributed by atoms with Crippen molar-refractivity contribution in [1.29, 1.82) is 0 Å². The van der Waals surface area contributed by atoms with E-state index in [0.29, 0.717) is 12.1 Å². The zero-order valence-electron chi connectivity index (χ0n) is 9.47. The molecule has 106 valence electrons. The number of halogens is 3. The summed E-state index contributed by atoms with van der Waals surface area (Å²) in [5.74, 6) is 0. The van der Waals surface area contributed by atoms with Gasteiger partial charge >= 0.3 is 6.18 Å². The van der Waals surface area contributed by atoms with E-state index in [1.165, 1.54) is 0 Å². The van der Waals surface area contributed by atoms with Gasteiger partial charge in [-0.1, -0.05) is 0 Å². The standard InChI is InChI=1S/C9H8F3NO5S/c1-19(16,17)18-5-6-2-3-8(13(14)15)7(4-6)9(10,11)12/h2-4H,5H2,1H3. The summed E-state index contributed by atoms with van der Waals surface area (Å²) in [6, 6.07) is 2.14. The van der Waals surface area contributed by atoms with Gasteiger partial charge in [0.05, 0.1) is 17.8 Å². The van der Waals surface area contributed by atoms with Gasteiger partial charge in [-0.05, 0) is 17.7 Å². The number of nitro benzene ring substituents is 1. The van der Waals surface area contributed by atoms with Gasteiger partial charge in [-0.25, -0.2) is 0 Å². The molecule has 0 bridgehead atoms. The van der Waals surface area contributed by atoms with Gasteiger partial charge in [0.1, 0.15) is 5.56 Å². The first-order valence-corrected chi connectivity index (χ1v) is 6.51. The van der Waals surface area contributed by atoms with E-state index in [1.54, 1.807) is 0 Å². The summed E-state index contributed by atoms with van der Waals surface area (Å²) < 4.78 is 63.5. The lowest BCUT2D eigenvalue weighted by Gasteiger charge is -2.09. The van der Waals surface area contributed by atoms with E-state index >= 15 is 0 Å². The number of benzene rings is 1. The fourth-order valence-corrected chi connectivity index (χ4v) is 1.58. The summed E-state index contributed by atoms with van der Waals surface area (Å²) in [7, 11) is -3.81. The van der Waals surface area contributed by atoms with Crippen LogP contribution in [-0.2, 0) is 27.1 Å². The van der Waals surface area contributed by atoms with Gasteiger partial charge in [-0.2, -0.15) is 21.6 Å². The molecule has 1 aromatic carbocycles. The lowest BCUT2D eigenvalue weighted by atomic mass is 10.1. The first-order valence-electron chi connectivity index (χ1n) is 4.69. The molecule has 0 unspecified atom stereocenters. The molecule has 0 saturated heterocycles. The minimum Gasteiger partial charge on any atom is -0.265 e. The molecule has 0 radical (unpaired) electrons. The molecule has 0 atom stereocenters. The van der Waals surface area contributed by atoms with Crippen LogP contribution < -0.4 is 0 Å². The molecule has 0 aliphatic rings. The Morgan fingerprint density at radius 3 is 2.37 bits per heavy atom. The zero-order valence-corrected chi connectivity index (χ0v) is 10.3. The number of nitrogens with zero attached hydrogens (tertiary/aromatic N) is 1. The summed E-state index contributed by atoms with van der Waals surface area (Å²) in [5, 5.41) is 10.5. The SMILES string of the molecule is CS(=O)(=O)OCc1ccc([N+](=O)[O-])c(C(F)(F)F)c1. The molecular formula is C9H8F3NO5S. The second-order valence-electron chi connectivity index (χ2n) is 3.57. The normalized spacial score (nSPS) is 12.4. The Hall–Kier alpha value is -1.68. The predicted octanol–water partition coefficient (Wildman–Crippen LogP) is 2.09. The molecule has 19 heavy (non-hydrogen) atoms. The molecule has 1 rings (SSSR count). The Labute approximate surface area is 106 Å². The number of nitro groups is 1. The molecule has 0 fully saturated rings. The van der Waals surface area contributed by atoms with E-state index < -0.39 is 39.1 Å². The molecule has 10 heteroatoms. The van der Waals surface area contributed by atoms with Crippen LogP contribution >= 0.6 is 0 Å². The van der Waals surface area contributed by atoms with Crippen LogP contribution in [0, 0.1) is 10.1 Å². The highest BCUT2D eigenvalue weighted by atomic mass is 32.2. The third kappa shape index (κ3) is 4.48. The average molecular weight is 299 g/mol. The number of rotatable bonds is 4. The predicted molar refractivity (Wildman–Crippen MR) is 57.7 cm³/mol. The molecule has 6 nitrogen and oxygen atoms in total. The Kier molecular flexibility index (Phi) is 4.15. The molecule has 1 aromatic rings. The minimum absolute atomic E-state index is 0.136. The van der Waals surface area contributed by atoms with Crippen molar-refractivity contribution >= 4 is 15.8 Å². The van der Waals surface area contributed by atoms with Crippen molar-refractivity contribution < 1.29 is 30.7 Å². The summed E-state index contributed by atoms with van der Waals surface area (Å²) >= 11 is 0. The Morgan fingerprint density at radius 2 is 1.95 bits per heavy atom. The van der Waals surface area contributed by atoms with Crippen LogP contribution in [0.2, 0.25) is 0 Å². The fraction of sp³-hybridized carbons (Fsp3) is 0.333. The van der Waals surface area contributed by atoms with Gasteiger partial charge in [0.2, 0.25) is 0 Å². The molecule has 0 saturated carbocycles. The van der Waals surface area contributed by atoms with Gasteiger partial charge in [0.25, 0.3) is 15.8 Å². The fourth-order valence-electron chi connectivity index (χ4n) is 1.23. The topological polar surface area (TPSA) is 86.5 Å². The quantitative estimate of drug-likeness (QED) is 0.482. The van der Waals surface area contributed by atoms with Crippen LogP contribution in [0.1, 0.15) is 11.1 Å². The molecule has 0 amide bonds. The van der Waals surface area contributed by atoms with E-state index in [2.05, 4.69) is 4.18 Å². The van der Waals surface area contributed by atoms with E-state index in [4.69, 9.17) is 0 Å². The van der Waals surface area contributed by atoms with Gasteiger partial charge in [0.15, 0.2) is 0 Å². The average Bonchev–Trinajstić information content (AvgIpc) is 2.23. The van der Waals surface area contributed by atoms with Crippen molar-refractivity contribution in [2.75, 3.05) is 6.26 Å². The van der Waals surface area contributed by atoms with Gasteiger partial charge in [0, 0.05) is 6.07 Å². The summed E-state index contributed by atoms with van der Waals surface area (Å²) in [6.45, 7) is -0.625. The van der Waals surface area contributed by atoms with Gasteiger partial charge in [-0.15, -0.1) is 0 Å². The summed E-state index contributed by atoms with van der Waals surface area (Å²) in [4.78, 5) is 9.31. The minimum atomic E-state index is -4.91. The third-order valence-electron chi connectivity index (χ3n) is 2.00. The molecule has 0 aliphatic carbocycles. The van der Waals surface area contributed by atoms with Crippen LogP contribution in [0.15, 0.2) is 18.2 Å². The monoisotopic (exact) mass is 299 g/mol. The maximum atomic E-state index is 12.6.